The summed E-state index contributed by atoms with van der Waals surface area (Å²) in [6, 6.07) is 6.74. The van der Waals surface area contributed by atoms with Gasteiger partial charge in [0.15, 0.2) is 0 Å². The van der Waals surface area contributed by atoms with Gasteiger partial charge in [-0.3, -0.25) is 4.21 Å². The third-order valence-corrected chi connectivity index (χ3v) is 4.87. The van der Waals surface area contributed by atoms with Crippen molar-refractivity contribution in [1.29, 1.82) is 0 Å². The number of benzene rings is 1. The summed E-state index contributed by atoms with van der Waals surface area (Å²) in [7, 11) is -1.04. The largest absolute Gasteiger partial charge is 0.478 e. The van der Waals surface area contributed by atoms with Crippen LogP contribution < -0.4 is 0 Å². The zero-order valence-electron chi connectivity index (χ0n) is 10.3. The zero-order chi connectivity index (χ0) is 13.0. The van der Waals surface area contributed by atoms with Crippen LogP contribution in [0, 0.1) is 5.92 Å². The Balaban J connectivity index is 2.89. The van der Waals surface area contributed by atoms with E-state index in [0.717, 1.165) is 0 Å². The first-order valence-corrected chi connectivity index (χ1v) is 7.00. The fourth-order valence-corrected chi connectivity index (χ4v) is 2.87. The summed E-state index contributed by atoms with van der Waals surface area (Å²) >= 11 is 0. The van der Waals surface area contributed by atoms with Gasteiger partial charge in [0.1, 0.15) is 0 Å². The van der Waals surface area contributed by atoms with Crippen molar-refractivity contribution >= 4 is 16.8 Å². The predicted octanol–water partition coefficient (Wildman–Crippen LogP) is 2.68. The molecule has 0 fully saturated rings. The molecule has 2 unspecified atom stereocenters. The fourth-order valence-electron chi connectivity index (χ4n) is 1.44. The van der Waals surface area contributed by atoms with Crippen molar-refractivity contribution in [3.63, 3.8) is 0 Å². The summed E-state index contributed by atoms with van der Waals surface area (Å²) in [5.41, 5.74) is 0.891. The van der Waals surface area contributed by atoms with Gasteiger partial charge >= 0.3 is 5.97 Å². The Hall–Kier alpha value is -1.16. The molecule has 94 valence electrons. The van der Waals surface area contributed by atoms with Crippen molar-refractivity contribution in [2.45, 2.75) is 31.8 Å². The van der Waals surface area contributed by atoms with Crippen molar-refractivity contribution in [3.8, 4) is 0 Å². The Morgan fingerprint density at radius 1 is 1.29 bits per heavy atom. The van der Waals surface area contributed by atoms with E-state index in [2.05, 4.69) is 0 Å². The number of aromatic carboxylic acids is 1. The van der Waals surface area contributed by atoms with Crippen LogP contribution in [0.25, 0.3) is 0 Å². The van der Waals surface area contributed by atoms with Crippen LogP contribution in [0.4, 0.5) is 0 Å². The number of hydrogen-bond acceptors (Lipinski definition) is 2. The van der Waals surface area contributed by atoms with E-state index in [1.54, 1.807) is 24.3 Å². The molecular weight excluding hydrogens is 236 g/mol. The van der Waals surface area contributed by atoms with Crippen LogP contribution in [0.5, 0.6) is 0 Å². The van der Waals surface area contributed by atoms with Gasteiger partial charge in [-0.25, -0.2) is 4.79 Å². The molecule has 0 saturated heterocycles. The molecule has 0 aliphatic rings. The van der Waals surface area contributed by atoms with Crippen LogP contribution in [-0.2, 0) is 16.6 Å². The van der Waals surface area contributed by atoms with Crippen LogP contribution in [0.1, 0.15) is 36.7 Å². The molecule has 0 saturated carbocycles. The SMILES string of the molecule is CC(C)C(C)S(=O)Cc1ccccc1C(=O)O. The zero-order valence-corrected chi connectivity index (χ0v) is 11.2. The molecule has 1 aromatic carbocycles. The van der Waals surface area contributed by atoms with Gasteiger partial charge in [0, 0.05) is 21.8 Å². The van der Waals surface area contributed by atoms with Crippen molar-refractivity contribution in [1.82, 2.24) is 0 Å². The first kappa shape index (κ1) is 13.9. The maximum Gasteiger partial charge on any atom is 0.335 e. The lowest BCUT2D eigenvalue weighted by molar-refractivity contribution is 0.0696. The topological polar surface area (TPSA) is 54.4 Å². The minimum Gasteiger partial charge on any atom is -0.478 e. The lowest BCUT2D eigenvalue weighted by atomic mass is 10.1. The number of hydrogen-bond donors (Lipinski definition) is 1. The normalized spacial score (nSPS) is 14.6. The van der Waals surface area contributed by atoms with E-state index in [0.29, 0.717) is 17.2 Å². The van der Waals surface area contributed by atoms with E-state index in [-0.39, 0.29) is 10.8 Å². The average molecular weight is 254 g/mol. The highest BCUT2D eigenvalue weighted by Gasteiger charge is 2.18. The fraction of sp³-hybridized carbons (Fsp3) is 0.462. The molecule has 0 radical (unpaired) electrons. The molecule has 0 heterocycles. The average Bonchev–Trinajstić information content (AvgIpc) is 2.28. The number of carboxylic acid groups (broad SMARTS) is 1. The lowest BCUT2D eigenvalue weighted by Gasteiger charge is -2.15. The number of rotatable bonds is 5. The standard InChI is InChI=1S/C13H18O3S/c1-9(2)10(3)17(16)8-11-6-4-5-7-12(11)13(14)15/h4-7,9-10H,8H2,1-3H3,(H,14,15). The maximum absolute atomic E-state index is 12.0. The molecule has 17 heavy (non-hydrogen) atoms. The van der Waals surface area contributed by atoms with Crippen LogP contribution in [0.15, 0.2) is 24.3 Å². The molecule has 0 amide bonds. The second kappa shape index (κ2) is 5.96. The molecule has 0 aromatic heterocycles. The number of carboxylic acids is 1. The van der Waals surface area contributed by atoms with Crippen LogP contribution >= 0.6 is 0 Å². The maximum atomic E-state index is 12.0. The van der Waals surface area contributed by atoms with Gasteiger partial charge in [0.2, 0.25) is 0 Å². The van der Waals surface area contributed by atoms with E-state index in [1.165, 1.54) is 0 Å². The highest BCUT2D eigenvalue weighted by atomic mass is 32.2. The Labute approximate surface area is 104 Å². The highest BCUT2D eigenvalue weighted by Crippen LogP contribution is 2.16. The first-order chi connectivity index (χ1) is 7.93. The Morgan fingerprint density at radius 3 is 2.41 bits per heavy atom. The molecule has 4 heteroatoms. The summed E-state index contributed by atoms with van der Waals surface area (Å²) < 4.78 is 12.0. The van der Waals surface area contributed by atoms with Gasteiger partial charge in [-0.05, 0) is 17.5 Å². The molecule has 1 N–H and O–H groups in total. The van der Waals surface area contributed by atoms with Crippen LogP contribution in [-0.4, -0.2) is 20.5 Å². The van der Waals surface area contributed by atoms with E-state index < -0.39 is 16.8 Å². The minimum atomic E-state index is -1.04. The summed E-state index contributed by atoms with van der Waals surface area (Å²) in [5.74, 6) is -0.329. The molecule has 2 atom stereocenters. The first-order valence-electron chi connectivity index (χ1n) is 5.62. The second-order valence-corrected chi connectivity index (χ2v) is 6.23. The molecule has 0 bridgehead atoms. The van der Waals surface area contributed by atoms with Gasteiger partial charge < -0.3 is 5.11 Å². The molecule has 0 spiro atoms. The van der Waals surface area contributed by atoms with Gasteiger partial charge in [0.25, 0.3) is 0 Å². The molecule has 1 aromatic rings. The van der Waals surface area contributed by atoms with Gasteiger partial charge in [-0.15, -0.1) is 0 Å². The van der Waals surface area contributed by atoms with Crippen molar-refractivity contribution < 1.29 is 14.1 Å². The monoisotopic (exact) mass is 254 g/mol. The predicted molar refractivity (Wildman–Crippen MR) is 69.5 cm³/mol. The summed E-state index contributed by atoms with van der Waals surface area (Å²) in [5, 5.41) is 9.09. The quantitative estimate of drug-likeness (QED) is 0.879. The molecule has 0 aliphatic carbocycles. The highest BCUT2D eigenvalue weighted by molar-refractivity contribution is 7.84. The smallest absolute Gasteiger partial charge is 0.335 e. The van der Waals surface area contributed by atoms with E-state index in [1.807, 2.05) is 20.8 Å². The molecule has 0 aliphatic heterocycles. The van der Waals surface area contributed by atoms with Crippen molar-refractivity contribution in [3.05, 3.63) is 35.4 Å². The number of carbonyl (C=O) groups is 1. The molecular formula is C13H18O3S. The van der Waals surface area contributed by atoms with E-state index >= 15 is 0 Å². The third kappa shape index (κ3) is 3.66. The Morgan fingerprint density at radius 2 is 1.88 bits per heavy atom. The molecule has 3 nitrogen and oxygen atoms in total. The van der Waals surface area contributed by atoms with Crippen LogP contribution in [0.2, 0.25) is 0 Å². The Kier molecular flexibility index (Phi) is 4.87. The summed E-state index contributed by atoms with van der Waals surface area (Å²) in [4.78, 5) is 11.0. The second-order valence-electron chi connectivity index (χ2n) is 4.44. The van der Waals surface area contributed by atoms with E-state index in [4.69, 9.17) is 5.11 Å². The molecule has 1 rings (SSSR count). The summed E-state index contributed by atoms with van der Waals surface area (Å²) in [6.07, 6.45) is 0. The van der Waals surface area contributed by atoms with Crippen molar-refractivity contribution in [2.24, 2.45) is 5.92 Å². The minimum absolute atomic E-state index is 0.0665. The van der Waals surface area contributed by atoms with Gasteiger partial charge in [-0.2, -0.15) is 0 Å². The van der Waals surface area contributed by atoms with Crippen molar-refractivity contribution in [2.75, 3.05) is 0 Å². The lowest BCUT2D eigenvalue weighted by Crippen LogP contribution is -2.19. The van der Waals surface area contributed by atoms with E-state index in [9.17, 15) is 9.00 Å². The van der Waals surface area contributed by atoms with Gasteiger partial charge in [-0.1, -0.05) is 39.0 Å². The van der Waals surface area contributed by atoms with Crippen LogP contribution in [0.3, 0.4) is 0 Å². The Bertz CT molecular complexity index is 426. The summed E-state index contributed by atoms with van der Waals surface area (Å²) in [6.45, 7) is 5.97. The third-order valence-electron chi connectivity index (χ3n) is 2.90. The van der Waals surface area contributed by atoms with Gasteiger partial charge in [0.05, 0.1) is 5.56 Å².